The van der Waals surface area contributed by atoms with Crippen LogP contribution in [0.1, 0.15) is 30.4 Å². The molecule has 34 heavy (non-hydrogen) atoms. The molecule has 1 unspecified atom stereocenters. The molecule has 0 fully saturated rings. The Balaban J connectivity index is 1.99. The Bertz CT molecular complexity index is 1170. The number of aryl methyl sites for hydroxylation is 1. The second-order valence-electron chi connectivity index (χ2n) is 7.47. The lowest BCUT2D eigenvalue weighted by atomic mass is 10.1. The second-order valence-corrected chi connectivity index (χ2v) is 7.47. The number of pyridine rings is 1. The predicted molar refractivity (Wildman–Crippen MR) is 123 cm³/mol. The quantitative estimate of drug-likeness (QED) is 0.406. The lowest BCUT2D eigenvalue weighted by molar-refractivity contribution is -0.141. The zero-order valence-corrected chi connectivity index (χ0v) is 19.4. The molecule has 3 rings (SSSR count). The highest BCUT2D eigenvalue weighted by molar-refractivity contribution is 5.91. The van der Waals surface area contributed by atoms with Crippen LogP contribution in [0.15, 0.2) is 29.3 Å². The normalized spacial score (nSPS) is 12.4. The maximum absolute atomic E-state index is 13.2. The molecule has 0 radical (unpaired) electrons. The number of ether oxygens (including phenoxy) is 3. The summed E-state index contributed by atoms with van der Waals surface area (Å²) in [6.45, 7) is 7.43. The molecule has 1 aromatic carbocycles. The maximum atomic E-state index is 13.2. The van der Waals surface area contributed by atoms with Gasteiger partial charge in [-0.1, -0.05) is 6.92 Å². The van der Waals surface area contributed by atoms with E-state index in [0.29, 0.717) is 52.6 Å². The van der Waals surface area contributed by atoms with Crippen molar-refractivity contribution in [3.63, 3.8) is 0 Å². The second kappa shape index (κ2) is 10.6. The van der Waals surface area contributed by atoms with Crippen LogP contribution in [0, 0.1) is 6.92 Å². The third-order valence-electron chi connectivity index (χ3n) is 4.98. The van der Waals surface area contributed by atoms with Gasteiger partial charge in [0.15, 0.2) is 17.3 Å². The number of methoxy groups -OCH3 is 2. The zero-order valence-electron chi connectivity index (χ0n) is 19.4. The van der Waals surface area contributed by atoms with Gasteiger partial charge in [-0.3, -0.25) is 0 Å². The van der Waals surface area contributed by atoms with Crippen molar-refractivity contribution < 1.29 is 27.4 Å². The lowest BCUT2D eigenvalue weighted by Crippen LogP contribution is -2.21. The molecule has 8 nitrogen and oxygen atoms in total. The van der Waals surface area contributed by atoms with E-state index < -0.39 is 11.9 Å². The number of hydrogen-bond donors (Lipinski definition) is 1. The van der Waals surface area contributed by atoms with E-state index in [1.165, 1.54) is 13.2 Å². The van der Waals surface area contributed by atoms with Crippen molar-refractivity contribution in [3.8, 4) is 11.5 Å². The summed E-state index contributed by atoms with van der Waals surface area (Å²) in [5.41, 5.74) is -0.120. The number of alkyl halides is 3. The fourth-order valence-electron chi connectivity index (χ4n) is 3.32. The molecule has 0 aliphatic heterocycles. The molecule has 1 N–H and O–H groups in total. The van der Waals surface area contributed by atoms with Crippen molar-refractivity contribution in [2.75, 3.05) is 26.1 Å². The van der Waals surface area contributed by atoms with E-state index in [9.17, 15) is 13.2 Å². The van der Waals surface area contributed by atoms with Crippen LogP contribution in [0.2, 0.25) is 0 Å². The standard InChI is InChI=1S/C23H26F3N5O3/c1-6-15(12-32-4)34-19-9-16-17(10-18(19)33-5)29-13(2)30-22(16)28-11-14-7-20(23(24,25)26)31-21(8-14)27-3/h7-10,15H,3,6,11-12H2,1-2,4-5H3,(H,28,29,30). The van der Waals surface area contributed by atoms with Crippen LogP contribution >= 0.6 is 0 Å². The Hall–Kier alpha value is -3.47. The molecule has 182 valence electrons. The smallest absolute Gasteiger partial charge is 0.433 e. The summed E-state index contributed by atoms with van der Waals surface area (Å²) in [5.74, 6) is 1.79. The minimum absolute atomic E-state index is 0.0448. The molecule has 2 aromatic heterocycles. The fourth-order valence-corrected chi connectivity index (χ4v) is 3.32. The maximum Gasteiger partial charge on any atom is 0.433 e. The highest BCUT2D eigenvalue weighted by Gasteiger charge is 2.33. The molecular weight excluding hydrogens is 451 g/mol. The van der Waals surface area contributed by atoms with Gasteiger partial charge in [0.2, 0.25) is 0 Å². The minimum atomic E-state index is -4.60. The van der Waals surface area contributed by atoms with E-state index in [1.54, 1.807) is 26.2 Å². The summed E-state index contributed by atoms with van der Waals surface area (Å²) in [6.07, 6.45) is -4.08. The van der Waals surface area contributed by atoms with Crippen molar-refractivity contribution in [3.05, 3.63) is 41.3 Å². The topological polar surface area (TPSA) is 90.8 Å². The van der Waals surface area contributed by atoms with Crippen LogP contribution in [0.3, 0.4) is 0 Å². The highest BCUT2D eigenvalue weighted by atomic mass is 19.4. The van der Waals surface area contributed by atoms with Crippen molar-refractivity contribution in [2.45, 2.75) is 39.1 Å². The lowest BCUT2D eigenvalue weighted by Gasteiger charge is -2.20. The van der Waals surface area contributed by atoms with Gasteiger partial charge in [0.25, 0.3) is 0 Å². The number of nitrogens with zero attached hydrogens (tertiary/aromatic N) is 4. The molecule has 2 heterocycles. The predicted octanol–water partition coefficient (Wildman–Crippen LogP) is 5.11. The first-order valence-electron chi connectivity index (χ1n) is 10.5. The van der Waals surface area contributed by atoms with E-state index in [1.807, 2.05) is 6.92 Å². The Kier molecular flexibility index (Phi) is 7.87. The first kappa shape index (κ1) is 25.2. The van der Waals surface area contributed by atoms with E-state index >= 15 is 0 Å². The molecule has 3 aromatic rings. The summed E-state index contributed by atoms with van der Waals surface area (Å²) < 4.78 is 56.4. The Labute approximate surface area is 195 Å². The first-order valence-corrected chi connectivity index (χ1v) is 10.5. The van der Waals surface area contributed by atoms with Crippen LogP contribution in [0.5, 0.6) is 11.5 Å². The summed E-state index contributed by atoms with van der Waals surface area (Å²) in [4.78, 5) is 15.9. The minimum Gasteiger partial charge on any atom is -0.493 e. The summed E-state index contributed by atoms with van der Waals surface area (Å²) in [6, 6.07) is 5.88. The molecule has 0 saturated heterocycles. The number of benzene rings is 1. The molecule has 0 aliphatic rings. The van der Waals surface area contributed by atoms with Gasteiger partial charge in [-0.05, 0) is 43.8 Å². The molecule has 1 atom stereocenters. The van der Waals surface area contributed by atoms with Gasteiger partial charge in [0.05, 0.1) is 19.2 Å². The zero-order chi connectivity index (χ0) is 24.9. The fraction of sp³-hybridized carbons (Fsp3) is 0.391. The van der Waals surface area contributed by atoms with E-state index in [0.717, 1.165) is 6.07 Å². The third kappa shape index (κ3) is 5.90. The van der Waals surface area contributed by atoms with Gasteiger partial charge in [0, 0.05) is 25.1 Å². The first-order chi connectivity index (χ1) is 16.2. The van der Waals surface area contributed by atoms with E-state index in [4.69, 9.17) is 14.2 Å². The van der Waals surface area contributed by atoms with Gasteiger partial charge in [0.1, 0.15) is 23.4 Å². The molecule has 0 spiro atoms. The van der Waals surface area contributed by atoms with Crippen LogP contribution < -0.4 is 14.8 Å². The number of fused-ring (bicyclic) bond motifs is 1. The Morgan fingerprint density at radius 1 is 1.09 bits per heavy atom. The van der Waals surface area contributed by atoms with E-state index in [-0.39, 0.29) is 18.5 Å². The van der Waals surface area contributed by atoms with Crippen LogP contribution in [-0.2, 0) is 17.5 Å². The number of nitrogens with one attached hydrogen (secondary N) is 1. The van der Waals surface area contributed by atoms with Crippen molar-refractivity contribution in [2.24, 2.45) is 4.99 Å². The number of hydrogen-bond acceptors (Lipinski definition) is 8. The molecule has 0 aliphatic carbocycles. The molecule has 0 saturated carbocycles. The van der Waals surface area contributed by atoms with Crippen molar-refractivity contribution in [1.82, 2.24) is 15.0 Å². The van der Waals surface area contributed by atoms with E-state index in [2.05, 4.69) is 32.0 Å². The average Bonchev–Trinajstić information content (AvgIpc) is 2.81. The van der Waals surface area contributed by atoms with Crippen LogP contribution in [-0.4, -0.2) is 48.6 Å². The number of aromatic nitrogens is 3. The molecule has 0 amide bonds. The van der Waals surface area contributed by atoms with Crippen molar-refractivity contribution in [1.29, 1.82) is 0 Å². The van der Waals surface area contributed by atoms with Gasteiger partial charge < -0.3 is 19.5 Å². The van der Waals surface area contributed by atoms with Gasteiger partial charge in [-0.2, -0.15) is 13.2 Å². The number of anilines is 1. The Morgan fingerprint density at radius 3 is 2.47 bits per heavy atom. The van der Waals surface area contributed by atoms with Gasteiger partial charge in [-0.25, -0.2) is 19.9 Å². The molecule has 0 bridgehead atoms. The van der Waals surface area contributed by atoms with Crippen LogP contribution in [0.25, 0.3) is 10.9 Å². The monoisotopic (exact) mass is 477 g/mol. The summed E-state index contributed by atoms with van der Waals surface area (Å²) in [7, 11) is 3.13. The third-order valence-corrected chi connectivity index (χ3v) is 4.98. The van der Waals surface area contributed by atoms with Gasteiger partial charge in [-0.15, -0.1) is 0 Å². The number of halogens is 3. The summed E-state index contributed by atoms with van der Waals surface area (Å²) >= 11 is 0. The SMILES string of the molecule is C=Nc1cc(CNc2nc(C)nc3cc(OC)c(OC(CC)COC)cc23)cc(C(F)(F)F)n1. The molecule has 11 heteroatoms. The number of rotatable bonds is 10. The van der Waals surface area contributed by atoms with Gasteiger partial charge >= 0.3 is 6.18 Å². The van der Waals surface area contributed by atoms with Crippen LogP contribution in [0.4, 0.5) is 24.8 Å². The molecular formula is C23H26F3N5O3. The summed E-state index contributed by atoms with van der Waals surface area (Å²) in [5, 5.41) is 3.73. The average molecular weight is 477 g/mol. The highest BCUT2D eigenvalue weighted by Crippen LogP contribution is 2.36. The Morgan fingerprint density at radius 2 is 1.85 bits per heavy atom. The number of aliphatic imine (C=N–C) groups is 1. The largest absolute Gasteiger partial charge is 0.493 e. The van der Waals surface area contributed by atoms with Crippen molar-refractivity contribution >= 4 is 29.3 Å².